The Balaban J connectivity index is 1.41. The van der Waals surface area contributed by atoms with E-state index in [9.17, 15) is 9.90 Å². The van der Waals surface area contributed by atoms with Crippen LogP contribution in [-0.2, 0) is 16.8 Å². The molecule has 1 aliphatic heterocycles. The molecule has 0 aliphatic carbocycles. The molecule has 1 aliphatic rings. The zero-order chi connectivity index (χ0) is 17.3. The van der Waals surface area contributed by atoms with Gasteiger partial charge < -0.3 is 10.0 Å². The molecule has 0 radical (unpaired) electrons. The molecule has 3 heterocycles. The van der Waals surface area contributed by atoms with Crippen molar-refractivity contribution in [1.29, 1.82) is 0 Å². The molecule has 4 rings (SSSR count). The lowest BCUT2D eigenvalue weighted by molar-refractivity contribution is -0.130. The van der Waals surface area contributed by atoms with Crippen LogP contribution in [0.4, 0.5) is 0 Å². The van der Waals surface area contributed by atoms with Crippen LogP contribution in [0.2, 0.25) is 0 Å². The van der Waals surface area contributed by atoms with Gasteiger partial charge in [0.2, 0.25) is 5.91 Å². The highest BCUT2D eigenvalue weighted by Crippen LogP contribution is 2.30. The molecule has 3 aromatic rings. The lowest BCUT2D eigenvalue weighted by Crippen LogP contribution is -2.35. The number of hydrogen-bond donors (Lipinski definition) is 2. The van der Waals surface area contributed by atoms with E-state index < -0.39 is 5.60 Å². The summed E-state index contributed by atoms with van der Waals surface area (Å²) in [5.41, 5.74) is 1.24. The number of carbonyl (C=O) groups is 1. The van der Waals surface area contributed by atoms with E-state index in [0.717, 1.165) is 11.3 Å². The van der Waals surface area contributed by atoms with E-state index in [1.807, 2.05) is 36.5 Å². The second-order valence-corrected chi connectivity index (χ2v) is 6.25. The molecule has 8 nitrogen and oxygen atoms in total. The predicted octanol–water partition coefficient (Wildman–Crippen LogP) is 0.653. The molecule has 2 aromatic heterocycles. The molecule has 0 bridgehead atoms. The van der Waals surface area contributed by atoms with Gasteiger partial charge in [0.05, 0.1) is 24.8 Å². The number of aromatic nitrogens is 5. The standard InChI is InChI=1S/C17H18N6O2/c24-16(22-9-6-17(25,12-22)15-11-18-21-20-15)10-13-2-4-14(5-3-13)23-8-1-7-19-23/h1-5,7-8,11,25H,6,9-10,12H2,(H,18,20,21)/t17-/m0/s1. The van der Waals surface area contributed by atoms with Crippen molar-refractivity contribution in [3.63, 3.8) is 0 Å². The molecule has 0 spiro atoms. The number of carbonyl (C=O) groups excluding carboxylic acids is 1. The van der Waals surface area contributed by atoms with E-state index in [1.165, 1.54) is 6.20 Å². The van der Waals surface area contributed by atoms with Crippen molar-refractivity contribution in [2.24, 2.45) is 0 Å². The van der Waals surface area contributed by atoms with Gasteiger partial charge in [-0.15, -0.1) is 0 Å². The summed E-state index contributed by atoms with van der Waals surface area (Å²) in [4.78, 5) is 14.2. The number of β-amino-alcohol motifs (C(OH)–C–C–N with tert-alkyl or cyclic N) is 1. The Bertz CT molecular complexity index is 844. The van der Waals surface area contributed by atoms with Crippen molar-refractivity contribution in [2.45, 2.75) is 18.4 Å². The first-order valence-electron chi connectivity index (χ1n) is 8.09. The van der Waals surface area contributed by atoms with Gasteiger partial charge in [-0.3, -0.25) is 4.79 Å². The van der Waals surface area contributed by atoms with Gasteiger partial charge in [-0.25, -0.2) is 4.68 Å². The van der Waals surface area contributed by atoms with Crippen LogP contribution in [0.15, 0.2) is 48.9 Å². The summed E-state index contributed by atoms with van der Waals surface area (Å²) >= 11 is 0. The SMILES string of the molecule is O=C(Cc1ccc(-n2cccn2)cc1)N1CC[C@@](O)(c2cn[nH]n2)C1. The number of hydrogen-bond acceptors (Lipinski definition) is 5. The molecule has 25 heavy (non-hydrogen) atoms. The van der Waals surface area contributed by atoms with Crippen LogP contribution in [0.3, 0.4) is 0 Å². The molecular weight excluding hydrogens is 320 g/mol. The molecule has 1 saturated heterocycles. The third kappa shape index (κ3) is 3.03. The van der Waals surface area contributed by atoms with Gasteiger partial charge >= 0.3 is 0 Å². The number of H-pyrrole nitrogens is 1. The van der Waals surface area contributed by atoms with Crippen molar-refractivity contribution in [3.8, 4) is 5.69 Å². The van der Waals surface area contributed by atoms with Crippen LogP contribution in [0.1, 0.15) is 17.7 Å². The van der Waals surface area contributed by atoms with E-state index in [2.05, 4.69) is 20.5 Å². The number of likely N-dealkylation sites (tertiary alicyclic amines) is 1. The van der Waals surface area contributed by atoms with Crippen LogP contribution >= 0.6 is 0 Å². The average molecular weight is 338 g/mol. The molecule has 0 unspecified atom stereocenters. The number of nitrogens with zero attached hydrogens (tertiary/aromatic N) is 5. The monoisotopic (exact) mass is 338 g/mol. The zero-order valence-corrected chi connectivity index (χ0v) is 13.5. The predicted molar refractivity (Wildman–Crippen MR) is 88.7 cm³/mol. The van der Waals surface area contributed by atoms with Crippen LogP contribution < -0.4 is 0 Å². The first-order chi connectivity index (χ1) is 12.1. The van der Waals surface area contributed by atoms with E-state index in [0.29, 0.717) is 25.1 Å². The van der Waals surface area contributed by atoms with Crippen molar-refractivity contribution in [2.75, 3.05) is 13.1 Å². The Morgan fingerprint density at radius 1 is 1.32 bits per heavy atom. The van der Waals surface area contributed by atoms with E-state index in [1.54, 1.807) is 15.8 Å². The number of nitrogens with one attached hydrogen (secondary N) is 1. The Labute approximate surface area is 144 Å². The van der Waals surface area contributed by atoms with Gasteiger partial charge in [-0.1, -0.05) is 12.1 Å². The van der Waals surface area contributed by atoms with Crippen molar-refractivity contribution in [3.05, 3.63) is 60.2 Å². The van der Waals surface area contributed by atoms with E-state index >= 15 is 0 Å². The molecule has 2 N–H and O–H groups in total. The first kappa shape index (κ1) is 15.5. The largest absolute Gasteiger partial charge is 0.381 e. The van der Waals surface area contributed by atoms with Gasteiger partial charge in [0.15, 0.2) is 0 Å². The zero-order valence-electron chi connectivity index (χ0n) is 13.5. The van der Waals surface area contributed by atoms with Crippen LogP contribution in [0.25, 0.3) is 5.69 Å². The highest BCUT2D eigenvalue weighted by atomic mass is 16.3. The lowest BCUT2D eigenvalue weighted by Gasteiger charge is -2.21. The molecular formula is C17H18N6O2. The number of aromatic amines is 1. The quantitative estimate of drug-likeness (QED) is 0.728. The first-order valence-corrected chi connectivity index (χ1v) is 8.09. The van der Waals surface area contributed by atoms with Gasteiger partial charge in [0.25, 0.3) is 0 Å². The summed E-state index contributed by atoms with van der Waals surface area (Å²) in [6.07, 6.45) is 5.86. The Kier molecular flexibility index (Phi) is 3.81. The van der Waals surface area contributed by atoms with Gasteiger partial charge in [-0.05, 0) is 23.8 Å². The molecule has 1 fully saturated rings. The van der Waals surface area contributed by atoms with Gasteiger partial charge in [-0.2, -0.15) is 20.5 Å². The minimum absolute atomic E-state index is 0.00809. The Morgan fingerprint density at radius 3 is 2.84 bits per heavy atom. The summed E-state index contributed by atoms with van der Waals surface area (Å²) in [5, 5.41) is 25.0. The van der Waals surface area contributed by atoms with E-state index in [4.69, 9.17) is 0 Å². The fraction of sp³-hybridized carbons (Fsp3) is 0.294. The highest BCUT2D eigenvalue weighted by Gasteiger charge is 2.41. The fourth-order valence-corrected chi connectivity index (χ4v) is 3.12. The van der Waals surface area contributed by atoms with Gasteiger partial charge in [0, 0.05) is 25.4 Å². The smallest absolute Gasteiger partial charge is 0.227 e. The minimum Gasteiger partial charge on any atom is -0.381 e. The second-order valence-electron chi connectivity index (χ2n) is 6.25. The molecule has 0 saturated carbocycles. The third-order valence-corrected chi connectivity index (χ3v) is 4.55. The maximum atomic E-state index is 12.5. The molecule has 8 heteroatoms. The summed E-state index contributed by atoms with van der Waals surface area (Å²) < 4.78 is 1.77. The number of rotatable bonds is 4. The molecule has 128 valence electrons. The summed E-state index contributed by atoms with van der Waals surface area (Å²) in [6.45, 7) is 0.747. The number of aliphatic hydroxyl groups is 1. The summed E-state index contributed by atoms with van der Waals surface area (Å²) in [5.74, 6) is -0.00809. The van der Waals surface area contributed by atoms with Crippen LogP contribution in [0.5, 0.6) is 0 Å². The Hall–Kier alpha value is -3.00. The Morgan fingerprint density at radius 2 is 2.16 bits per heavy atom. The van der Waals surface area contributed by atoms with Crippen molar-refractivity contribution >= 4 is 5.91 Å². The van der Waals surface area contributed by atoms with Crippen molar-refractivity contribution < 1.29 is 9.90 Å². The summed E-state index contributed by atoms with van der Waals surface area (Å²) in [6, 6.07) is 9.58. The highest BCUT2D eigenvalue weighted by molar-refractivity contribution is 5.79. The maximum Gasteiger partial charge on any atom is 0.227 e. The number of amides is 1. The molecule has 1 aromatic carbocycles. The van der Waals surface area contributed by atoms with Crippen LogP contribution in [0, 0.1) is 0 Å². The maximum absolute atomic E-state index is 12.5. The fourth-order valence-electron chi connectivity index (χ4n) is 3.12. The molecule has 1 atom stereocenters. The van der Waals surface area contributed by atoms with Crippen LogP contribution in [-0.4, -0.2) is 54.2 Å². The molecule has 1 amide bonds. The minimum atomic E-state index is -1.12. The summed E-state index contributed by atoms with van der Waals surface area (Å²) in [7, 11) is 0. The average Bonchev–Trinajstić information content (AvgIpc) is 3.37. The third-order valence-electron chi connectivity index (χ3n) is 4.55. The van der Waals surface area contributed by atoms with E-state index in [-0.39, 0.29) is 12.5 Å². The number of benzene rings is 1. The topological polar surface area (TPSA) is 99.9 Å². The van der Waals surface area contributed by atoms with Crippen molar-refractivity contribution in [1.82, 2.24) is 30.1 Å². The second kappa shape index (κ2) is 6.14. The van der Waals surface area contributed by atoms with Gasteiger partial charge in [0.1, 0.15) is 11.3 Å². The normalized spacial score (nSPS) is 20.1. The lowest BCUT2D eigenvalue weighted by atomic mass is 10.00.